The summed E-state index contributed by atoms with van der Waals surface area (Å²) in [6, 6.07) is 28.7. The summed E-state index contributed by atoms with van der Waals surface area (Å²) in [6.07, 6.45) is 0. The average Bonchev–Trinajstić information content (AvgIpc) is 2.88. The van der Waals surface area contributed by atoms with Crippen molar-refractivity contribution in [1.29, 1.82) is 0 Å². The summed E-state index contributed by atoms with van der Waals surface area (Å²) in [6.45, 7) is 5.89. The fourth-order valence-electron chi connectivity index (χ4n) is 2.88. The van der Waals surface area contributed by atoms with Gasteiger partial charge in [-0.05, 0) is 42.1 Å². The van der Waals surface area contributed by atoms with Crippen molar-refractivity contribution in [2.45, 2.75) is 0 Å². The summed E-state index contributed by atoms with van der Waals surface area (Å²) in [5, 5.41) is 0. The molecule has 0 saturated carbocycles. The number of benzene rings is 3. The zero-order valence-corrected chi connectivity index (χ0v) is 19.6. The lowest BCUT2D eigenvalue weighted by atomic mass is 10.3. The topological polar surface area (TPSA) is 55.4 Å². The summed E-state index contributed by atoms with van der Waals surface area (Å²) >= 11 is 0. The van der Waals surface area contributed by atoms with Crippen LogP contribution in [0.4, 0.5) is 0 Å². The Morgan fingerprint density at radius 2 is 0.788 bits per heavy atom. The highest BCUT2D eigenvalue weighted by Crippen LogP contribution is 2.15. The molecule has 0 radical (unpaired) electrons. The molecule has 3 rings (SSSR count). The molecular formula is C26H30O6Si. The Kier molecular flexibility index (Phi) is 10.5. The number of para-hydroxylation sites is 3. The molecular weight excluding hydrogens is 436 g/mol. The molecule has 0 aliphatic heterocycles. The maximum atomic E-state index is 6.05. The monoisotopic (exact) mass is 466 g/mol. The Morgan fingerprint density at radius 1 is 0.485 bits per heavy atom. The third kappa shape index (κ3) is 9.11. The highest BCUT2D eigenvalue weighted by Gasteiger charge is 2.38. The van der Waals surface area contributed by atoms with Crippen molar-refractivity contribution in [3.8, 4) is 17.2 Å². The molecule has 33 heavy (non-hydrogen) atoms. The van der Waals surface area contributed by atoms with Gasteiger partial charge in [0.1, 0.15) is 37.1 Å². The molecule has 0 fully saturated rings. The van der Waals surface area contributed by atoms with Gasteiger partial charge in [-0.3, -0.25) is 0 Å². The molecule has 0 unspecified atom stereocenters. The van der Waals surface area contributed by atoms with Gasteiger partial charge >= 0.3 is 8.80 Å². The van der Waals surface area contributed by atoms with Gasteiger partial charge in [0.15, 0.2) is 0 Å². The van der Waals surface area contributed by atoms with Crippen LogP contribution in [0.1, 0.15) is 0 Å². The third-order valence-corrected chi connectivity index (χ3v) is 6.77. The van der Waals surface area contributed by atoms with E-state index in [0.717, 1.165) is 17.2 Å². The Hall–Kier alpha value is -3.10. The quantitative estimate of drug-likeness (QED) is 0.220. The van der Waals surface area contributed by atoms with E-state index in [4.69, 9.17) is 27.5 Å². The van der Waals surface area contributed by atoms with Gasteiger partial charge in [-0.15, -0.1) is 0 Å². The lowest BCUT2D eigenvalue weighted by molar-refractivity contribution is 0.0444. The van der Waals surface area contributed by atoms with Crippen LogP contribution >= 0.6 is 0 Å². The predicted octanol–water partition coefficient (Wildman–Crippen LogP) is 4.94. The van der Waals surface area contributed by atoms with E-state index in [1.807, 2.05) is 91.0 Å². The predicted molar refractivity (Wildman–Crippen MR) is 130 cm³/mol. The molecule has 6 nitrogen and oxygen atoms in total. The van der Waals surface area contributed by atoms with Crippen LogP contribution < -0.4 is 14.2 Å². The van der Waals surface area contributed by atoms with E-state index in [9.17, 15) is 0 Å². The van der Waals surface area contributed by atoms with Gasteiger partial charge in [0.2, 0.25) is 0 Å². The van der Waals surface area contributed by atoms with Gasteiger partial charge in [-0.1, -0.05) is 61.2 Å². The van der Waals surface area contributed by atoms with Crippen LogP contribution in [0.3, 0.4) is 0 Å². The van der Waals surface area contributed by atoms with Gasteiger partial charge in [-0.2, -0.15) is 0 Å². The Balaban J connectivity index is 1.48. The summed E-state index contributed by atoms with van der Waals surface area (Å²) < 4.78 is 35.3. The molecule has 0 aromatic heterocycles. The maximum Gasteiger partial charge on any atom is 0.529 e. The van der Waals surface area contributed by atoms with Crippen LogP contribution in [0.25, 0.3) is 0 Å². The summed E-state index contributed by atoms with van der Waals surface area (Å²) in [5.41, 5.74) is 1.63. The largest absolute Gasteiger partial charge is 0.529 e. The van der Waals surface area contributed by atoms with Crippen molar-refractivity contribution in [3.63, 3.8) is 0 Å². The summed E-state index contributed by atoms with van der Waals surface area (Å²) in [7, 11) is -3.16. The van der Waals surface area contributed by atoms with Gasteiger partial charge in [0, 0.05) is 0 Å². The number of rotatable bonds is 16. The van der Waals surface area contributed by atoms with E-state index in [1.54, 1.807) is 5.70 Å². The third-order valence-electron chi connectivity index (χ3n) is 4.45. The minimum atomic E-state index is -3.16. The lowest BCUT2D eigenvalue weighted by Gasteiger charge is -2.26. The van der Waals surface area contributed by atoms with Crippen molar-refractivity contribution < 1.29 is 27.5 Å². The molecule has 0 atom stereocenters. The molecule has 0 heterocycles. The minimum Gasteiger partial charge on any atom is -0.491 e. The van der Waals surface area contributed by atoms with E-state index >= 15 is 0 Å². The van der Waals surface area contributed by atoms with Crippen molar-refractivity contribution in [3.05, 3.63) is 103 Å². The average molecular weight is 467 g/mol. The van der Waals surface area contributed by atoms with E-state index in [0.29, 0.717) is 39.6 Å². The molecule has 0 bridgehead atoms. The maximum absolute atomic E-state index is 6.05. The van der Waals surface area contributed by atoms with Crippen LogP contribution in [-0.2, 0) is 13.3 Å². The molecule has 0 aliphatic carbocycles. The molecule has 0 spiro atoms. The highest BCUT2D eigenvalue weighted by molar-refractivity contribution is 6.66. The van der Waals surface area contributed by atoms with Crippen LogP contribution in [0, 0.1) is 0 Å². The fourth-order valence-corrected chi connectivity index (χ4v) is 4.59. The second-order valence-electron chi connectivity index (χ2n) is 6.84. The summed E-state index contributed by atoms with van der Waals surface area (Å²) in [5.74, 6) is 2.34. The van der Waals surface area contributed by atoms with Crippen LogP contribution in [0.5, 0.6) is 17.2 Å². The van der Waals surface area contributed by atoms with E-state index < -0.39 is 8.80 Å². The first kappa shape index (κ1) is 24.5. The Labute approximate surface area is 196 Å². The van der Waals surface area contributed by atoms with Crippen LogP contribution in [-0.4, -0.2) is 48.4 Å². The van der Waals surface area contributed by atoms with Crippen molar-refractivity contribution in [2.75, 3.05) is 39.6 Å². The number of ether oxygens (including phenoxy) is 3. The highest BCUT2D eigenvalue weighted by atomic mass is 28.4. The molecule has 3 aromatic rings. The van der Waals surface area contributed by atoms with Gasteiger partial charge < -0.3 is 27.5 Å². The van der Waals surface area contributed by atoms with E-state index in [1.165, 1.54) is 0 Å². The smallest absolute Gasteiger partial charge is 0.491 e. The van der Waals surface area contributed by atoms with Crippen LogP contribution in [0.15, 0.2) is 103 Å². The number of hydrogen-bond acceptors (Lipinski definition) is 6. The zero-order valence-electron chi connectivity index (χ0n) is 18.6. The first-order valence-electron chi connectivity index (χ1n) is 10.9. The second kappa shape index (κ2) is 14.1. The lowest BCUT2D eigenvalue weighted by Crippen LogP contribution is -2.46. The van der Waals surface area contributed by atoms with Crippen molar-refractivity contribution >= 4 is 8.80 Å². The second-order valence-corrected chi connectivity index (χ2v) is 9.32. The Morgan fingerprint density at radius 3 is 1.06 bits per heavy atom. The molecule has 0 saturated heterocycles. The fraction of sp³-hybridized carbons (Fsp3) is 0.231. The van der Waals surface area contributed by atoms with Gasteiger partial charge in [-0.25, -0.2) is 0 Å². The first-order valence-corrected chi connectivity index (χ1v) is 12.7. The summed E-state index contributed by atoms with van der Waals surface area (Å²) in [4.78, 5) is 0. The van der Waals surface area contributed by atoms with E-state index in [-0.39, 0.29) is 0 Å². The zero-order chi connectivity index (χ0) is 23.0. The van der Waals surface area contributed by atoms with E-state index in [2.05, 4.69) is 6.58 Å². The SMILES string of the molecule is C=C[Si](OCCOc1ccccc1)(OCCOc1ccccc1)OCCOc1ccccc1. The standard InChI is InChI=1S/C26H30O6Si/c1-2-33(30-21-18-27-24-12-6-3-7-13-24,31-22-19-28-25-14-8-4-9-15-25)32-23-20-29-26-16-10-5-11-17-26/h2-17H,1,18-23H2. The molecule has 0 amide bonds. The molecule has 3 aromatic carbocycles. The minimum absolute atomic E-state index is 0.298. The van der Waals surface area contributed by atoms with Gasteiger partial charge in [0.25, 0.3) is 0 Å². The van der Waals surface area contributed by atoms with Crippen LogP contribution in [0.2, 0.25) is 0 Å². The first-order chi connectivity index (χ1) is 16.3. The Bertz CT molecular complexity index is 792. The van der Waals surface area contributed by atoms with Crippen molar-refractivity contribution in [1.82, 2.24) is 0 Å². The molecule has 7 heteroatoms. The molecule has 0 N–H and O–H groups in total. The number of hydrogen-bond donors (Lipinski definition) is 0. The van der Waals surface area contributed by atoms with Gasteiger partial charge in [0.05, 0.1) is 19.8 Å². The molecule has 174 valence electrons. The normalized spacial score (nSPS) is 11.0. The van der Waals surface area contributed by atoms with Crippen molar-refractivity contribution in [2.24, 2.45) is 0 Å². The molecule has 0 aliphatic rings.